The summed E-state index contributed by atoms with van der Waals surface area (Å²) in [5.74, 6) is 1.19. The van der Waals surface area contributed by atoms with E-state index in [1.165, 1.54) is 12.3 Å². The Balaban J connectivity index is 1.84. The third kappa shape index (κ3) is 4.44. The van der Waals surface area contributed by atoms with Crippen LogP contribution in [0.5, 0.6) is 0 Å². The summed E-state index contributed by atoms with van der Waals surface area (Å²) >= 11 is 0. The molecule has 1 N–H and O–H groups in total. The molecule has 0 amide bonds. The van der Waals surface area contributed by atoms with Crippen molar-refractivity contribution in [1.82, 2.24) is 19.7 Å². The van der Waals surface area contributed by atoms with Gasteiger partial charge in [0.1, 0.15) is 5.82 Å². The lowest BCUT2D eigenvalue weighted by atomic mass is 10.00. The van der Waals surface area contributed by atoms with Gasteiger partial charge in [-0.25, -0.2) is 14.5 Å². The molecular weight excluding hydrogens is 352 g/mol. The quantitative estimate of drug-likeness (QED) is 0.622. The molecule has 0 aliphatic rings. The second-order valence-corrected chi connectivity index (χ2v) is 7.22. The molecule has 0 unspecified atom stereocenters. The van der Waals surface area contributed by atoms with Gasteiger partial charge >= 0.3 is 5.97 Å². The number of hydrogen-bond acceptors (Lipinski definition) is 4. The number of aryl methyl sites for hydroxylation is 1. The molecule has 6 nitrogen and oxygen atoms in total. The van der Waals surface area contributed by atoms with Crippen molar-refractivity contribution in [3.05, 3.63) is 65.5 Å². The number of aromatic carboxylic acids is 1. The third-order valence-electron chi connectivity index (χ3n) is 4.68. The summed E-state index contributed by atoms with van der Waals surface area (Å²) in [6, 6.07) is 9.43. The van der Waals surface area contributed by atoms with Gasteiger partial charge < -0.3 is 5.11 Å². The van der Waals surface area contributed by atoms with Crippen LogP contribution in [0.25, 0.3) is 11.1 Å². The van der Waals surface area contributed by atoms with Crippen LogP contribution < -0.4 is 0 Å². The molecule has 0 atom stereocenters. The first-order valence-corrected chi connectivity index (χ1v) is 9.69. The summed E-state index contributed by atoms with van der Waals surface area (Å²) in [7, 11) is 0. The minimum atomic E-state index is -0.952. The van der Waals surface area contributed by atoms with E-state index in [0.717, 1.165) is 42.2 Å². The molecule has 6 heteroatoms. The number of pyridine rings is 1. The van der Waals surface area contributed by atoms with Crippen LogP contribution in [0.1, 0.15) is 67.1 Å². The maximum absolute atomic E-state index is 11.4. The molecule has 0 spiro atoms. The highest BCUT2D eigenvalue weighted by atomic mass is 16.4. The van der Waals surface area contributed by atoms with Crippen molar-refractivity contribution in [2.24, 2.45) is 0 Å². The molecule has 2 heterocycles. The third-order valence-corrected chi connectivity index (χ3v) is 4.68. The Morgan fingerprint density at radius 1 is 1.18 bits per heavy atom. The van der Waals surface area contributed by atoms with Gasteiger partial charge in [-0.2, -0.15) is 5.10 Å². The standard InChI is InChI=1S/C22H26N4O2/c1-4-5-12-26-20(24-21(25-26)15(2)3)13-16-6-8-17(9-7-16)19-14-23-11-10-18(19)22(27)28/h6-11,14-15H,4-5,12-13H2,1-3H3,(H,27,28). The maximum atomic E-state index is 11.4. The monoisotopic (exact) mass is 378 g/mol. The number of nitrogens with zero attached hydrogens (tertiary/aromatic N) is 4. The highest BCUT2D eigenvalue weighted by Crippen LogP contribution is 2.24. The van der Waals surface area contributed by atoms with Crippen LogP contribution in [0.15, 0.2) is 42.7 Å². The molecular formula is C22H26N4O2. The Hall–Kier alpha value is -3.02. The Bertz CT molecular complexity index is 945. The van der Waals surface area contributed by atoms with Crippen LogP contribution in [0, 0.1) is 0 Å². The fourth-order valence-electron chi connectivity index (χ4n) is 3.05. The van der Waals surface area contributed by atoms with Gasteiger partial charge in [-0.1, -0.05) is 51.5 Å². The van der Waals surface area contributed by atoms with Crippen LogP contribution in [-0.4, -0.2) is 30.8 Å². The van der Waals surface area contributed by atoms with E-state index in [-0.39, 0.29) is 5.56 Å². The summed E-state index contributed by atoms with van der Waals surface area (Å²) in [6.07, 6.45) is 5.97. The topological polar surface area (TPSA) is 80.9 Å². The molecule has 3 aromatic rings. The number of unbranched alkanes of at least 4 members (excludes halogenated alkanes) is 1. The SMILES string of the molecule is CCCCn1nc(C(C)C)nc1Cc1ccc(-c2cnccc2C(=O)O)cc1. The minimum absolute atomic E-state index is 0.253. The second kappa shape index (κ2) is 8.78. The minimum Gasteiger partial charge on any atom is -0.478 e. The van der Waals surface area contributed by atoms with Gasteiger partial charge in [0.05, 0.1) is 5.56 Å². The molecule has 0 radical (unpaired) electrons. The van der Waals surface area contributed by atoms with Gasteiger partial charge in [-0.15, -0.1) is 0 Å². The van der Waals surface area contributed by atoms with Gasteiger partial charge in [-0.3, -0.25) is 4.98 Å². The molecule has 1 aromatic carbocycles. The second-order valence-electron chi connectivity index (χ2n) is 7.22. The molecule has 0 aliphatic carbocycles. The number of carbonyl (C=O) groups is 1. The summed E-state index contributed by atoms with van der Waals surface area (Å²) < 4.78 is 2.02. The van der Waals surface area contributed by atoms with Crippen molar-refractivity contribution >= 4 is 5.97 Å². The first-order chi connectivity index (χ1) is 13.5. The first kappa shape index (κ1) is 19.7. The highest BCUT2D eigenvalue weighted by Gasteiger charge is 2.14. The van der Waals surface area contributed by atoms with Crippen molar-refractivity contribution in [2.45, 2.75) is 52.5 Å². The smallest absolute Gasteiger partial charge is 0.336 e. The number of hydrogen-bond donors (Lipinski definition) is 1. The lowest BCUT2D eigenvalue weighted by Gasteiger charge is -2.08. The van der Waals surface area contributed by atoms with Crippen LogP contribution in [-0.2, 0) is 13.0 Å². The van der Waals surface area contributed by atoms with E-state index in [1.807, 2.05) is 28.9 Å². The zero-order valence-electron chi connectivity index (χ0n) is 16.6. The summed E-state index contributed by atoms with van der Waals surface area (Å²) in [5, 5.41) is 14.1. The van der Waals surface area contributed by atoms with Gasteiger partial charge in [0.2, 0.25) is 0 Å². The number of aromatic nitrogens is 4. The molecule has 0 bridgehead atoms. The Morgan fingerprint density at radius 2 is 1.93 bits per heavy atom. The van der Waals surface area contributed by atoms with Gasteiger partial charge in [0.25, 0.3) is 0 Å². The molecule has 0 aliphatic heterocycles. The Labute approximate surface area is 165 Å². The molecule has 2 aromatic heterocycles. The molecule has 3 rings (SSSR count). The van der Waals surface area contributed by atoms with E-state index < -0.39 is 5.97 Å². The van der Waals surface area contributed by atoms with Crippen molar-refractivity contribution in [1.29, 1.82) is 0 Å². The number of benzene rings is 1. The van der Waals surface area contributed by atoms with Crippen molar-refractivity contribution in [3.8, 4) is 11.1 Å². The summed E-state index contributed by atoms with van der Waals surface area (Å²) in [5.41, 5.74) is 2.83. The average molecular weight is 378 g/mol. The van der Waals surface area contributed by atoms with E-state index in [4.69, 9.17) is 4.98 Å². The van der Waals surface area contributed by atoms with Gasteiger partial charge in [0, 0.05) is 36.8 Å². The summed E-state index contributed by atoms with van der Waals surface area (Å²) in [6.45, 7) is 7.25. The fraction of sp³-hybridized carbons (Fsp3) is 0.364. The van der Waals surface area contributed by atoms with Gasteiger partial charge in [0.15, 0.2) is 5.82 Å². The lowest BCUT2D eigenvalue weighted by molar-refractivity contribution is 0.0697. The number of rotatable bonds is 8. The van der Waals surface area contributed by atoms with Crippen LogP contribution in [0.4, 0.5) is 0 Å². The average Bonchev–Trinajstić information content (AvgIpc) is 3.10. The molecule has 0 fully saturated rings. The van der Waals surface area contributed by atoms with Crippen LogP contribution in [0.2, 0.25) is 0 Å². The molecule has 28 heavy (non-hydrogen) atoms. The van der Waals surface area contributed by atoms with Crippen molar-refractivity contribution < 1.29 is 9.90 Å². The lowest BCUT2D eigenvalue weighted by Crippen LogP contribution is -2.06. The highest BCUT2D eigenvalue weighted by molar-refractivity contribution is 5.95. The molecule has 0 saturated heterocycles. The van der Waals surface area contributed by atoms with E-state index in [9.17, 15) is 9.90 Å². The van der Waals surface area contributed by atoms with Crippen LogP contribution in [0.3, 0.4) is 0 Å². The largest absolute Gasteiger partial charge is 0.478 e. The maximum Gasteiger partial charge on any atom is 0.336 e. The molecule has 0 saturated carbocycles. The Kier molecular flexibility index (Phi) is 6.19. The number of carboxylic acid groups (broad SMARTS) is 1. The number of carboxylic acids is 1. The predicted octanol–water partition coefficient (Wildman–Crippen LogP) is 4.55. The van der Waals surface area contributed by atoms with Crippen molar-refractivity contribution in [3.63, 3.8) is 0 Å². The summed E-state index contributed by atoms with van der Waals surface area (Å²) in [4.78, 5) is 20.2. The first-order valence-electron chi connectivity index (χ1n) is 9.69. The van der Waals surface area contributed by atoms with E-state index in [0.29, 0.717) is 17.9 Å². The van der Waals surface area contributed by atoms with Crippen molar-refractivity contribution in [2.75, 3.05) is 0 Å². The molecule has 146 valence electrons. The van der Waals surface area contributed by atoms with E-state index in [2.05, 4.69) is 30.9 Å². The van der Waals surface area contributed by atoms with E-state index in [1.54, 1.807) is 6.20 Å². The van der Waals surface area contributed by atoms with Gasteiger partial charge in [-0.05, 0) is 23.6 Å². The predicted molar refractivity (Wildman–Crippen MR) is 108 cm³/mol. The zero-order valence-corrected chi connectivity index (χ0v) is 16.6. The Morgan fingerprint density at radius 3 is 2.57 bits per heavy atom. The van der Waals surface area contributed by atoms with E-state index >= 15 is 0 Å². The normalized spacial score (nSPS) is 11.1. The van der Waals surface area contributed by atoms with Crippen LogP contribution >= 0.6 is 0 Å². The zero-order chi connectivity index (χ0) is 20.1. The fourth-order valence-corrected chi connectivity index (χ4v) is 3.05.